The first-order valence-electron chi connectivity index (χ1n) is 5.46. The molecule has 1 aromatic rings. The van der Waals surface area contributed by atoms with Gasteiger partial charge in [-0.1, -0.05) is 26.2 Å². The number of hydrogen-bond acceptors (Lipinski definition) is 1. The van der Waals surface area contributed by atoms with Crippen LogP contribution in [0.4, 0.5) is 13.2 Å². The molecule has 0 heterocycles. The van der Waals surface area contributed by atoms with Crippen LogP contribution in [0.15, 0.2) is 12.1 Å². The average molecular weight is 268 g/mol. The second kappa shape index (κ2) is 7.56. The van der Waals surface area contributed by atoms with Crippen molar-refractivity contribution in [3.05, 3.63) is 35.1 Å². The zero-order valence-electron chi connectivity index (χ0n) is 9.68. The molecule has 17 heavy (non-hydrogen) atoms. The van der Waals surface area contributed by atoms with Crippen molar-refractivity contribution < 1.29 is 13.2 Å². The first-order chi connectivity index (χ1) is 7.57. The summed E-state index contributed by atoms with van der Waals surface area (Å²) in [5.41, 5.74) is 5.32. The molecule has 98 valence electrons. The number of nitrogens with two attached hydrogens (primary N) is 1. The minimum atomic E-state index is -1.16. The number of benzene rings is 1. The molecule has 1 nitrogen and oxygen atoms in total. The maximum atomic E-state index is 13.3. The zero-order chi connectivity index (χ0) is 12.1. The SMILES string of the molecule is CCCCC[C@H](N)c1c(F)ccc(F)c1F.Cl. The summed E-state index contributed by atoms with van der Waals surface area (Å²) in [5.74, 6) is -2.99. The van der Waals surface area contributed by atoms with Gasteiger partial charge in [0.1, 0.15) is 5.82 Å². The van der Waals surface area contributed by atoms with Gasteiger partial charge in [-0.3, -0.25) is 0 Å². The number of unbranched alkanes of at least 4 members (excludes halogenated alkanes) is 2. The van der Waals surface area contributed by atoms with Gasteiger partial charge in [-0.15, -0.1) is 12.4 Å². The van der Waals surface area contributed by atoms with E-state index in [0.29, 0.717) is 6.42 Å². The molecule has 0 unspecified atom stereocenters. The zero-order valence-corrected chi connectivity index (χ0v) is 10.5. The Balaban J connectivity index is 0.00000256. The van der Waals surface area contributed by atoms with Gasteiger partial charge in [-0.05, 0) is 18.6 Å². The minimum Gasteiger partial charge on any atom is -0.324 e. The molecule has 1 rings (SSSR count). The maximum absolute atomic E-state index is 13.3. The lowest BCUT2D eigenvalue weighted by atomic mass is 10.00. The maximum Gasteiger partial charge on any atom is 0.166 e. The summed E-state index contributed by atoms with van der Waals surface area (Å²) in [6.45, 7) is 2.02. The van der Waals surface area contributed by atoms with E-state index in [1.165, 1.54) is 0 Å². The predicted molar refractivity (Wildman–Crippen MR) is 64.6 cm³/mol. The molecule has 0 aromatic heterocycles. The fourth-order valence-electron chi connectivity index (χ4n) is 1.64. The van der Waals surface area contributed by atoms with Crippen LogP contribution in [0.3, 0.4) is 0 Å². The van der Waals surface area contributed by atoms with Gasteiger partial charge in [-0.2, -0.15) is 0 Å². The van der Waals surface area contributed by atoms with Crippen LogP contribution in [0.5, 0.6) is 0 Å². The van der Waals surface area contributed by atoms with Gasteiger partial charge in [0.2, 0.25) is 0 Å². The Morgan fingerprint density at radius 2 is 1.71 bits per heavy atom. The van der Waals surface area contributed by atoms with Crippen LogP contribution >= 0.6 is 12.4 Å². The van der Waals surface area contributed by atoms with Crippen molar-refractivity contribution in [2.24, 2.45) is 5.73 Å². The molecule has 2 N–H and O–H groups in total. The third-order valence-electron chi connectivity index (χ3n) is 2.57. The van der Waals surface area contributed by atoms with Gasteiger partial charge in [0.25, 0.3) is 0 Å². The molecule has 1 aromatic carbocycles. The van der Waals surface area contributed by atoms with Crippen LogP contribution in [0.1, 0.15) is 44.2 Å². The summed E-state index contributed by atoms with van der Waals surface area (Å²) in [6, 6.07) is 0.905. The first kappa shape index (κ1) is 16.3. The topological polar surface area (TPSA) is 26.0 Å². The highest BCUT2D eigenvalue weighted by atomic mass is 35.5. The van der Waals surface area contributed by atoms with Crippen molar-refractivity contribution in [1.82, 2.24) is 0 Å². The van der Waals surface area contributed by atoms with Crippen molar-refractivity contribution in [3.8, 4) is 0 Å². The van der Waals surface area contributed by atoms with E-state index in [1.807, 2.05) is 6.92 Å². The Morgan fingerprint density at radius 1 is 1.12 bits per heavy atom. The summed E-state index contributed by atoms with van der Waals surface area (Å²) in [7, 11) is 0. The number of hydrogen-bond donors (Lipinski definition) is 1. The van der Waals surface area contributed by atoms with E-state index in [1.54, 1.807) is 0 Å². The highest BCUT2D eigenvalue weighted by Gasteiger charge is 2.19. The average Bonchev–Trinajstić information content (AvgIpc) is 2.24. The molecule has 0 spiro atoms. The highest BCUT2D eigenvalue weighted by molar-refractivity contribution is 5.85. The number of halogens is 4. The van der Waals surface area contributed by atoms with E-state index in [4.69, 9.17) is 5.73 Å². The van der Waals surface area contributed by atoms with E-state index in [9.17, 15) is 13.2 Å². The summed E-state index contributed by atoms with van der Waals surface area (Å²) in [6.07, 6.45) is 3.20. The van der Waals surface area contributed by atoms with Gasteiger partial charge in [-0.25, -0.2) is 13.2 Å². The molecular weight excluding hydrogens is 251 g/mol. The molecule has 0 amide bonds. The van der Waals surface area contributed by atoms with Gasteiger partial charge < -0.3 is 5.73 Å². The van der Waals surface area contributed by atoms with E-state index >= 15 is 0 Å². The third-order valence-corrected chi connectivity index (χ3v) is 2.57. The van der Waals surface area contributed by atoms with Gasteiger partial charge in [0, 0.05) is 11.6 Å². The fourth-order valence-corrected chi connectivity index (χ4v) is 1.64. The van der Waals surface area contributed by atoms with Crippen LogP contribution in [0.2, 0.25) is 0 Å². The van der Waals surface area contributed by atoms with Gasteiger partial charge >= 0.3 is 0 Å². The molecule has 5 heteroatoms. The van der Waals surface area contributed by atoms with Crippen LogP contribution < -0.4 is 5.73 Å². The predicted octanol–water partition coefficient (Wildman–Crippen LogP) is 4.11. The summed E-state index contributed by atoms with van der Waals surface area (Å²) >= 11 is 0. The van der Waals surface area contributed by atoms with Crippen LogP contribution in [0, 0.1) is 17.5 Å². The van der Waals surface area contributed by atoms with E-state index in [-0.39, 0.29) is 18.0 Å². The Labute approximate surface area is 106 Å². The van der Waals surface area contributed by atoms with Crippen molar-refractivity contribution in [2.75, 3.05) is 0 Å². The smallest absolute Gasteiger partial charge is 0.166 e. The standard InChI is InChI=1S/C12H16F3N.ClH/c1-2-3-4-5-10(16)11-8(13)6-7-9(14)12(11)15;/h6-7,10H,2-5,16H2,1H3;1H/t10-;/m0./s1. The Morgan fingerprint density at radius 3 is 2.29 bits per heavy atom. The Bertz CT molecular complexity index is 358. The van der Waals surface area contributed by atoms with Crippen molar-refractivity contribution >= 4 is 12.4 Å². The van der Waals surface area contributed by atoms with Crippen molar-refractivity contribution in [1.29, 1.82) is 0 Å². The first-order valence-corrected chi connectivity index (χ1v) is 5.46. The molecule has 0 aliphatic rings. The largest absolute Gasteiger partial charge is 0.324 e. The second-order valence-corrected chi connectivity index (χ2v) is 3.86. The third kappa shape index (κ3) is 4.21. The molecular formula is C12H17ClF3N. The van der Waals surface area contributed by atoms with Crippen molar-refractivity contribution in [2.45, 2.75) is 38.6 Å². The van der Waals surface area contributed by atoms with Gasteiger partial charge in [0.15, 0.2) is 11.6 Å². The lowest BCUT2D eigenvalue weighted by molar-refractivity contribution is 0.453. The van der Waals surface area contributed by atoms with Crippen LogP contribution in [0.25, 0.3) is 0 Å². The van der Waals surface area contributed by atoms with Crippen molar-refractivity contribution in [3.63, 3.8) is 0 Å². The highest BCUT2D eigenvalue weighted by Crippen LogP contribution is 2.24. The molecule has 0 saturated heterocycles. The van der Waals surface area contributed by atoms with Crippen LogP contribution in [-0.4, -0.2) is 0 Å². The summed E-state index contributed by atoms with van der Waals surface area (Å²) < 4.78 is 39.5. The van der Waals surface area contributed by atoms with E-state index in [2.05, 4.69) is 0 Å². The quantitative estimate of drug-likeness (QED) is 0.631. The van der Waals surface area contributed by atoms with E-state index < -0.39 is 23.5 Å². The van der Waals surface area contributed by atoms with Crippen LogP contribution in [-0.2, 0) is 0 Å². The lowest BCUT2D eigenvalue weighted by Gasteiger charge is -2.13. The molecule has 0 aliphatic carbocycles. The Hall–Kier alpha value is -0.740. The number of rotatable bonds is 5. The van der Waals surface area contributed by atoms with Gasteiger partial charge in [0.05, 0.1) is 0 Å². The fraction of sp³-hybridized carbons (Fsp3) is 0.500. The van der Waals surface area contributed by atoms with E-state index in [0.717, 1.165) is 31.4 Å². The molecule has 1 atom stereocenters. The lowest BCUT2D eigenvalue weighted by Crippen LogP contribution is -2.15. The molecule has 0 aliphatic heterocycles. The molecule has 0 saturated carbocycles. The molecule has 0 bridgehead atoms. The Kier molecular flexibility index (Phi) is 7.23. The normalized spacial score (nSPS) is 12.1. The summed E-state index contributed by atoms with van der Waals surface area (Å²) in [4.78, 5) is 0. The molecule has 0 fully saturated rings. The minimum absolute atomic E-state index is 0. The summed E-state index contributed by atoms with van der Waals surface area (Å²) in [5, 5.41) is 0. The molecule has 0 radical (unpaired) electrons. The monoisotopic (exact) mass is 267 g/mol. The second-order valence-electron chi connectivity index (χ2n) is 3.86.